The van der Waals surface area contributed by atoms with Gasteiger partial charge in [0.05, 0.1) is 6.10 Å². The molecule has 0 spiro atoms. The van der Waals surface area contributed by atoms with E-state index >= 15 is 0 Å². The number of hydrogen-bond acceptors (Lipinski definition) is 1. The first-order valence-electron chi connectivity index (χ1n) is 6.57. The van der Waals surface area contributed by atoms with Crippen LogP contribution in [0.5, 0.6) is 0 Å². The Morgan fingerprint density at radius 3 is 2.35 bits per heavy atom. The van der Waals surface area contributed by atoms with Crippen LogP contribution in [-0.2, 0) is 6.42 Å². The molecular formula is C15H21BrO. The number of benzene rings is 1. The third-order valence-electron chi connectivity index (χ3n) is 3.96. The molecule has 17 heavy (non-hydrogen) atoms. The van der Waals surface area contributed by atoms with Gasteiger partial charge in [0.2, 0.25) is 0 Å². The van der Waals surface area contributed by atoms with Crippen LogP contribution in [0.15, 0.2) is 28.7 Å². The summed E-state index contributed by atoms with van der Waals surface area (Å²) in [6.07, 6.45) is 5.58. The summed E-state index contributed by atoms with van der Waals surface area (Å²) >= 11 is 3.43. The monoisotopic (exact) mass is 296 g/mol. The van der Waals surface area contributed by atoms with E-state index in [-0.39, 0.29) is 6.10 Å². The Bertz CT molecular complexity index is 338. The summed E-state index contributed by atoms with van der Waals surface area (Å²) in [5.74, 6) is 1.36. The maximum atomic E-state index is 10.3. The van der Waals surface area contributed by atoms with Crippen LogP contribution >= 0.6 is 15.9 Å². The van der Waals surface area contributed by atoms with Gasteiger partial charge in [-0.1, -0.05) is 47.8 Å². The maximum Gasteiger partial charge on any atom is 0.0608 e. The van der Waals surface area contributed by atoms with Crippen molar-refractivity contribution in [3.8, 4) is 0 Å². The number of aliphatic hydroxyl groups excluding tert-OH is 1. The van der Waals surface area contributed by atoms with Gasteiger partial charge in [-0.3, -0.25) is 0 Å². The molecule has 1 saturated carbocycles. The van der Waals surface area contributed by atoms with Gasteiger partial charge in [0.15, 0.2) is 0 Å². The molecule has 1 aromatic carbocycles. The third-order valence-corrected chi connectivity index (χ3v) is 4.49. The van der Waals surface area contributed by atoms with Crippen molar-refractivity contribution in [1.82, 2.24) is 0 Å². The maximum absolute atomic E-state index is 10.3. The van der Waals surface area contributed by atoms with Crippen LogP contribution in [0.25, 0.3) is 0 Å². The van der Waals surface area contributed by atoms with Gasteiger partial charge in [0.1, 0.15) is 0 Å². The van der Waals surface area contributed by atoms with Crippen molar-refractivity contribution in [2.45, 2.75) is 45.1 Å². The van der Waals surface area contributed by atoms with Gasteiger partial charge >= 0.3 is 0 Å². The van der Waals surface area contributed by atoms with E-state index in [1.807, 2.05) is 12.1 Å². The second kappa shape index (κ2) is 6.01. The molecule has 2 heteroatoms. The lowest BCUT2D eigenvalue weighted by Gasteiger charge is -2.29. The Morgan fingerprint density at radius 2 is 1.76 bits per heavy atom. The van der Waals surface area contributed by atoms with Gasteiger partial charge in [-0.25, -0.2) is 0 Å². The molecule has 2 rings (SSSR count). The molecule has 0 heterocycles. The van der Waals surface area contributed by atoms with Crippen molar-refractivity contribution in [3.63, 3.8) is 0 Å². The molecule has 0 amide bonds. The predicted octanol–water partition coefficient (Wildman–Crippen LogP) is 4.18. The average Bonchev–Trinajstić information content (AvgIpc) is 2.33. The van der Waals surface area contributed by atoms with Crippen molar-refractivity contribution < 1.29 is 5.11 Å². The minimum absolute atomic E-state index is 0.163. The fourth-order valence-corrected chi connectivity index (χ4v) is 2.96. The van der Waals surface area contributed by atoms with Crippen LogP contribution in [-0.4, -0.2) is 11.2 Å². The highest BCUT2D eigenvalue weighted by atomic mass is 79.9. The zero-order valence-electron chi connectivity index (χ0n) is 10.4. The second-order valence-electron chi connectivity index (χ2n) is 5.42. The zero-order valence-corrected chi connectivity index (χ0v) is 12.0. The highest BCUT2D eigenvalue weighted by Gasteiger charge is 2.24. The van der Waals surface area contributed by atoms with Gasteiger partial charge in [-0.15, -0.1) is 0 Å². The molecule has 1 unspecified atom stereocenters. The Kier molecular flexibility index (Phi) is 4.63. The first-order chi connectivity index (χ1) is 8.15. The fourth-order valence-electron chi connectivity index (χ4n) is 2.70. The van der Waals surface area contributed by atoms with Crippen LogP contribution in [0, 0.1) is 11.8 Å². The van der Waals surface area contributed by atoms with Crippen molar-refractivity contribution in [1.29, 1.82) is 0 Å². The topological polar surface area (TPSA) is 20.2 Å². The zero-order chi connectivity index (χ0) is 12.3. The summed E-state index contributed by atoms with van der Waals surface area (Å²) in [4.78, 5) is 0. The average molecular weight is 297 g/mol. The SMILES string of the molecule is CC1CCC(C(O)Cc2ccc(Br)cc2)CC1. The highest BCUT2D eigenvalue weighted by molar-refractivity contribution is 9.10. The molecular weight excluding hydrogens is 276 g/mol. The van der Waals surface area contributed by atoms with Gasteiger partial charge in [-0.05, 0) is 48.8 Å². The first-order valence-corrected chi connectivity index (χ1v) is 7.37. The third kappa shape index (κ3) is 3.82. The van der Waals surface area contributed by atoms with Crippen molar-refractivity contribution >= 4 is 15.9 Å². The normalized spacial score (nSPS) is 26.8. The molecule has 0 saturated heterocycles. The molecule has 1 atom stereocenters. The molecule has 94 valence electrons. The summed E-state index contributed by atoms with van der Waals surface area (Å²) in [6, 6.07) is 8.29. The number of rotatable bonds is 3. The summed E-state index contributed by atoms with van der Waals surface area (Å²) in [5.41, 5.74) is 1.24. The molecule has 1 fully saturated rings. The Morgan fingerprint density at radius 1 is 1.18 bits per heavy atom. The molecule has 0 bridgehead atoms. The van der Waals surface area contributed by atoms with Gasteiger partial charge in [0, 0.05) is 4.47 Å². The van der Waals surface area contributed by atoms with E-state index in [0.717, 1.165) is 16.8 Å². The minimum atomic E-state index is -0.163. The highest BCUT2D eigenvalue weighted by Crippen LogP contribution is 2.31. The van der Waals surface area contributed by atoms with E-state index in [4.69, 9.17) is 0 Å². The number of halogens is 1. The van der Waals surface area contributed by atoms with Crippen LogP contribution < -0.4 is 0 Å². The molecule has 1 aliphatic carbocycles. The molecule has 0 aromatic heterocycles. The van der Waals surface area contributed by atoms with Gasteiger partial charge in [-0.2, -0.15) is 0 Å². The summed E-state index contributed by atoms with van der Waals surface area (Å²) < 4.78 is 1.10. The lowest BCUT2D eigenvalue weighted by atomic mass is 9.79. The quantitative estimate of drug-likeness (QED) is 0.887. The van der Waals surface area contributed by atoms with Crippen molar-refractivity contribution in [3.05, 3.63) is 34.3 Å². The van der Waals surface area contributed by atoms with Crippen LogP contribution in [0.2, 0.25) is 0 Å². The molecule has 0 aliphatic heterocycles. The van der Waals surface area contributed by atoms with E-state index in [0.29, 0.717) is 5.92 Å². The van der Waals surface area contributed by atoms with E-state index in [2.05, 4.69) is 35.0 Å². The number of aliphatic hydroxyl groups is 1. The standard InChI is InChI=1S/C15H21BrO/c1-11-2-6-13(7-3-11)15(17)10-12-4-8-14(16)9-5-12/h4-5,8-9,11,13,15,17H,2-3,6-7,10H2,1H3. The summed E-state index contributed by atoms with van der Waals surface area (Å²) in [6.45, 7) is 2.32. The Balaban J connectivity index is 1.88. The smallest absolute Gasteiger partial charge is 0.0608 e. The number of hydrogen-bond donors (Lipinski definition) is 1. The van der Waals surface area contributed by atoms with E-state index < -0.39 is 0 Å². The molecule has 1 N–H and O–H groups in total. The van der Waals surface area contributed by atoms with Gasteiger partial charge in [0.25, 0.3) is 0 Å². The Labute approximate surface area is 112 Å². The fraction of sp³-hybridized carbons (Fsp3) is 0.600. The lowest BCUT2D eigenvalue weighted by molar-refractivity contribution is 0.0761. The van der Waals surface area contributed by atoms with Gasteiger partial charge < -0.3 is 5.11 Å². The van der Waals surface area contributed by atoms with E-state index in [9.17, 15) is 5.11 Å². The molecule has 0 radical (unpaired) electrons. The molecule has 1 nitrogen and oxygen atoms in total. The van der Waals surface area contributed by atoms with E-state index in [1.165, 1.54) is 31.2 Å². The largest absolute Gasteiger partial charge is 0.392 e. The lowest BCUT2D eigenvalue weighted by Crippen LogP contribution is -2.26. The Hall–Kier alpha value is -0.340. The molecule has 1 aromatic rings. The van der Waals surface area contributed by atoms with Crippen molar-refractivity contribution in [2.75, 3.05) is 0 Å². The van der Waals surface area contributed by atoms with Crippen LogP contribution in [0.3, 0.4) is 0 Å². The first kappa shape index (κ1) is 13.1. The summed E-state index contributed by atoms with van der Waals surface area (Å²) in [5, 5.41) is 10.3. The second-order valence-corrected chi connectivity index (χ2v) is 6.33. The minimum Gasteiger partial charge on any atom is -0.392 e. The predicted molar refractivity (Wildman–Crippen MR) is 75.0 cm³/mol. The van der Waals surface area contributed by atoms with Crippen LogP contribution in [0.4, 0.5) is 0 Å². The van der Waals surface area contributed by atoms with E-state index in [1.54, 1.807) is 0 Å². The van der Waals surface area contributed by atoms with Crippen LogP contribution in [0.1, 0.15) is 38.2 Å². The summed E-state index contributed by atoms with van der Waals surface area (Å²) in [7, 11) is 0. The van der Waals surface area contributed by atoms with Crippen molar-refractivity contribution in [2.24, 2.45) is 11.8 Å². The molecule has 1 aliphatic rings.